The fourth-order valence-electron chi connectivity index (χ4n) is 3.68. The molecule has 0 spiro atoms. The molecule has 0 bridgehead atoms. The number of rotatable bonds is 7. The van der Waals surface area contributed by atoms with Crippen LogP contribution in [0.15, 0.2) is 30.3 Å². The number of primary amides is 1. The molecule has 0 radical (unpaired) electrons. The Labute approximate surface area is 174 Å². The van der Waals surface area contributed by atoms with E-state index in [4.69, 9.17) is 15.2 Å². The number of aliphatic hydroxyl groups is 1. The Kier molecular flexibility index (Phi) is 5.54. The highest BCUT2D eigenvalue weighted by Crippen LogP contribution is 2.41. The van der Waals surface area contributed by atoms with E-state index in [2.05, 4.69) is 0 Å². The second-order valence-electron chi connectivity index (χ2n) is 7.13. The minimum Gasteiger partial charge on any atom is -0.493 e. The summed E-state index contributed by atoms with van der Waals surface area (Å²) in [5.41, 5.74) is 5.04. The highest BCUT2D eigenvalue weighted by molar-refractivity contribution is 6.22. The largest absolute Gasteiger partial charge is 0.493 e. The summed E-state index contributed by atoms with van der Waals surface area (Å²) < 4.78 is 10.8. The summed E-state index contributed by atoms with van der Waals surface area (Å²) in [6.45, 7) is 5.65. The van der Waals surface area contributed by atoms with Gasteiger partial charge in [-0.1, -0.05) is 12.1 Å². The third-order valence-electron chi connectivity index (χ3n) is 5.30. The quantitative estimate of drug-likeness (QED) is 0.672. The van der Waals surface area contributed by atoms with E-state index in [-0.39, 0.29) is 16.7 Å². The van der Waals surface area contributed by atoms with Crippen LogP contribution in [0.25, 0.3) is 0 Å². The molecule has 3 N–H and O–H groups in total. The minimum absolute atomic E-state index is 0.106. The summed E-state index contributed by atoms with van der Waals surface area (Å²) in [6, 6.07) is 7.71. The maximum atomic E-state index is 13.3. The summed E-state index contributed by atoms with van der Waals surface area (Å²) >= 11 is 0. The van der Waals surface area contributed by atoms with Gasteiger partial charge in [0.15, 0.2) is 17.2 Å². The Morgan fingerprint density at radius 2 is 1.83 bits per heavy atom. The Balaban J connectivity index is 2.19. The van der Waals surface area contributed by atoms with Crippen molar-refractivity contribution in [3.63, 3.8) is 0 Å². The monoisotopic (exact) mass is 412 g/mol. The first-order valence-corrected chi connectivity index (χ1v) is 9.46. The van der Waals surface area contributed by atoms with Crippen LogP contribution >= 0.6 is 0 Å². The summed E-state index contributed by atoms with van der Waals surface area (Å²) in [5.74, 6) is -1.57. The zero-order valence-corrected chi connectivity index (χ0v) is 17.3. The van der Waals surface area contributed by atoms with E-state index in [0.717, 1.165) is 5.56 Å². The van der Waals surface area contributed by atoms with Crippen molar-refractivity contribution in [3.05, 3.63) is 58.1 Å². The van der Waals surface area contributed by atoms with Crippen LogP contribution in [0.3, 0.4) is 0 Å². The number of fused-ring (bicyclic) bond motifs is 1. The number of methoxy groups -OCH3 is 1. The fraction of sp³-hybridized carbons (Fsp3) is 0.318. The number of hydrogen-bond acceptors (Lipinski definition) is 6. The first-order valence-electron chi connectivity index (χ1n) is 9.46. The van der Waals surface area contributed by atoms with Crippen LogP contribution in [0.2, 0.25) is 0 Å². The number of carbonyl (C=O) groups excluding carboxylic acids is 3. The molecule has 3 amide bonds. The molecule has 2 aromatic carbocycles. The van der Waals surface area contributed by atoms with E-state index in [1.54, 1.807) is 26.0 Å². The van der Waals surface area contributed by atoms with Crippen molar-refractivity contribution in [2.75, 3.05) is 13.7 Å². The Bertz CT molecular complexity index is 1050. The van der Waals surface area contributed by atoms with Crippen LogP contribution < -0.4 is 15.2 Å². The molecule has 0 fully saturated rings. The van der Waals surface area contributed by atoms with Crippen LogP contribution in [-0.2, 0) is 10.5 Å². The number of imide groups is 1. The number of amides is 3. The highest BCUT2D eigenvalue weighted by Gasteiger charge is 2.51. The van der Waals surface area contributed by atoms with Gasteiger partial charge in [-0.05, 0) is 50.1 Å². The lowest BCUT2D eigenvalue weighted by molar-refractivity contribution is -0.131. The number of nitrogens with two attached hydrogens (primary N) is 1. The molecule has 0 aliphatic carbocycles. The van der Waals surface area contributed by atoms with Crippen molar-refractivity contribution < 1.29 is 29.0 Å². The predicted octanol–water partition coefficient (Wildman–Crippen LogP) is 2.03. The van der Waals surface area contributed by atoms with Gasteiger partial charge in [0, 0.05) is 5.56 Å². The van der Waals surface area contributed by atoms with Crippen LogP contribution in [-0.4, -0.2) is 41.4 Å². The topological polar surface area (TPSA) is 119 Å². The normalized spacial score (nSPS) is 15.0. The highest BCUT2D eigenvalue weighted by atomic mass is 16.5. The molecule has 8 heteroatoms. The van der Waals surface area contributed by atoms with Crippen molar-refractivity contribution in [2.24, 2.45) is 5.73 Å². The van der Waals surface area contributed by atoms with Gasteiger partial charge in [-0.2, -0.15) is 0 Å². The molecule has 1 atom stereocenters. The molecule has 0 saturated heterocycles. The lowest BCUT2D eigenvalue weighted by Gasteiger charge is -2.35. The van der Waals surface area contributed by atoms with E-state index >= 15 is 0 Å². The van der Waals surface area contributed by atoms with Gasteiger partial charge in [0.05, 0.1) is 31.3 Å². The van der Waals surface area contributed by atoms with Crippen molar-refractivity contribution >= 4 is 17.7 Å². The molecular formula is C22H24N2O6. The molecule has 8 nitrogen and oxygen atoms in total. The van der Waals surface area contributed by atoms with Gasteiger partial charge in [-0.3, -0.25) is 14.4 Å². The van der Waals surface area contributed by atoms with E-state index in [1.165, 1.54) is 25.3 Å². The second kappa shape index (κ2) is 7.79. The van der Waals surface area contributed by atoms with Gasteiger partial charge >= 0.3 is 0 Å². The number of nitrogens with zero attached hydrogens (tertiary/aromatic N) is 1. The smallest absolute Gasteiger partial charge is 0.264 e. The molecule has 1 aliphatic heterocycles. The zero-order valence-electron chi connectivity index (χ0n) is 17.3. The van der Waals surface area contributed by atoms with Gasteiger partial charge in [-0.25, -0.2) is 4.90 Å². The summed E-state index contributed by atoms with van der Waals surface area (Å²) in [6.07, 6.45) is -0.672. The standard InChI is InChI=1S/C22H24N2O6/c1-5-30-17-10-14(7-9-16(17)29-4)22(28,11-18(23)25)24-20(26)15-8-6-12(2)13(3)19(15)21(24)27/h6-10,28H,5,11H2,1-4H3,(H2,23,25). The third kappa shape index (κ3) is 3.29. The van der Waals surface area contributed by atoms with E-state index in [1.807, 2.05) is 6.92 Å². The number of carbonyl (C=O) groups is 3. The number of aryl methyl sites for hydroxylation is 1. The van der Waals surface area contributed by atoms with Crippen molar-refractivity contribution in [1.29, 1.82) is 0 Å². The van der Waals surface area contributed by atoms with Crippen LogP contribution in [0.4, 0.5) is 0 Å². The molecule has 3 rings (SSSR count). The lowest BCUT2D eigenvalue weighted by Crippen LogP contribution is -2.51. The van der Waals surface area contributed by atoms with Gasteiger partial charge < -0.3 is 20.3 Å². The van der Waals surface area contributed by atoms with Crippen molar-refractivity contribution in [1.82, 2.24) is 4.90 Å². The average molecular weight is 412 g/mol. The molecule has 1 heterocycles. The summed E-state index contributed by atoms with van der Waals surface area (Å²) in [7, 11) is 1.46. The number of benzene rings is 2. The van der Waals surface area contributed by atoms with Gasteiger partial charge in [0.25, 0.3) is 11.8 Å². The van der Waals surface area contributed by atoms with Crippen molar-refractivity contribution in [2.45, 2.75) is 32.9 Å². The molecule has 2 aromatic rings. The first kappa shape index (κ1) is 21.3. The zero-order chi connectivity index (χ0) is 22.2. The van der Waals surface area contributed by atoms with Crippen molar-refractivity contribution in [3.8, 4) is 11.5 Å². The fourth-order valence-corrected chi connectivity index (χ4v) is 3.68. The van der Waals surface area contributed by atoms with E-state index in [9.17, 15) is 19.5 Å². The van der Waals surface area contributed by atoms with Gasteiger partial charge in [-0.15, -0.1) is 0 Å². The van der Waals surface area contributed by atoms with E-state index in [0.29, 0.717) is 28.6 Å². The number of hydrogen-bond donors (Lipinski definition) is 2. The number of ether oxygens (including phenoxy) is 2. The first-order chi connectivity index (χ1) is 14.2. The van der Waals surface area contributed by atoms with Crippen LogP contribution in [0.5, 0.6) is 11.5 Å². The van der Waals surface area contributed by atoms with Crippen LogP contribution in [0.1, 0.15) is 50.8 Å². The van der Waals surface area contributed by atoms with Gasteiger partial charge in [0.1, 0.15) is 0 Å². The third-order valence-corrected chi connectivity index (χ3v) is 5.30. The Morgan fingerprint density at radius 1 is 1.13 bits per heavy atom. The molecule has 30 heavy (non-hydrogen) atoms. The minimum atomic E-state index is -2.29. The predicted molar refractivity (Wildman–Crippen MR) is 108 cm³/mol. The molecule has 1 aliphatic rings. The van der Waals surface area contributed by atoms with E-state index < -0.39 is 29.9 Å². The molecule has 0 saturated carbocycles. The molecule has 0 aromatic heterocycles. The Hall–Kier alpha value is -3.39. The van der Waals surface area contributed by atoms with Crippen LogP contribution in [0, 0.1) is 13.8 Å². The Morgan fingerprint density at radius 3 is 2.43 bits per heavy atom. The lowest BCUT2D eigenvalue weighted by atomic mass is 9.96. The SMILES string of the molecule is CCOc1cc(C(O)(CC(N)=O)N2C(=O)c3ccc(C)c(C)c3C2=O)ccc1OC. The van der Waals surface area contributed by atoms with Gasteiger partial charge in [0.2, 0.25) is 5.91 Å². The maximum absolute atomic E-state index is 13.3. The summed E-state index contributed by atoms with van der Waals surface area (Å²) in [5, 5.41) is 11.6. The second-order valence-corrected chi connectivity index (χ2v) is 7.13. The maximum Gasteiger partial charge on any atom is 0.264 e. The average Bonchev–Trinajstić information content (AvgIpc) is 2.95. The summed E-state index contributed by atoms with van der Waals surface area (Å²) in [4.78, 5) is 38.9. The molecular weight excluding hydrogens is 388 g/mol. The molecule has 1 unspecified atom stereocenters. The molecule has 158 valence electrons.